The molecule has 0 atom stereocenters. The molecule has 0 N–H and O–H groups in total. The molecule has 0 fully saturated rings. The maximum Gasteiger partial charge on any atom is 0.0727 e. The first kappa shape index (κ1) is 23.7. The summed E-state index contributed by atoms with van der Waals surface area (Å²) in [5, 5.41) is 15.1. The van der Waals surface area contributed by atoms with Gasteiger partial charge in [0.05, 0.1) is 11.4 Å². The zero-order valence-electron chi connectivity index (χ0n) is 23.1. The van der Waals surface area contributed by atoms with Crippen molar-refractivity contribution in [2.45, 2.75) is 13.8 Å². The summed E-state index contributed by atoms with van der Waals surface area (Å²) in [4.78, 5) is 0. The lowest BCUT2D eigenvalue weighted by atomic mass is 9.85. The second-order valence-electron chi connectivity index (χ2n) is 10.9. The Kier molecular flexibility index (Phi) is 5.30. The van der Waals surface area contributed by atoms with Crippen molar-refractivity contribution in [3.05, 3.63) is 145 Å². The Hall–Kier alpha value is -5.21. The molecule has 0 radical (unpaired) electrons. The highest BCUT2D eigenvalue weighted by molar-refractivity contribution is 6.22. The van der Waals surface area contributed by atoms with Gasteiger partial charge in [0, 0.05) is 22.2 Å². The molecule has 0 saturated carbocycles. The molecule has 0 aliphatic rings. The van der Waals surface area contributed by atoms with E-state index in [1.54, 1.807) is 0 Å². The highest BCUT2D eigenvalue weighted by atomic mass is 15.3. The Bertz CT molecular complexity index is 2220. The monoisotopic (exact) mass is 524 g/mol. The second-order valence-corrected chi connectivity index (χ2v) is 10.9. The predicted molar refractivity (Wildman–Crippen MR) is 174 cm³/mol. The molecule has 0 saturated heterocycles. The number of nitrogens with zero attached hydrogens (tertiary/aromatic N) is 2. The Morgan fingerprint density at radius 3 is 1.66 bits per heavy atom. The first-order valence-electron chi connectivity index (χ1n) is 14.2. The van der Waals surface area contributed by atoms with Crippen molar-refractivity contribution in [1.82, 2.24) is 9.78 Å². The van der Waals surface area contributed by atoms with Gasteiger partial charge in [-0.15, -0.1) is 0 Å². The van der Waals surface area contributed by atoms with E-state index in [-0.39, 0.29) is 0 Å². The topological polar surface area (TPSA) is 17.8 Å². The van der Waals surface area contributed by atoms with Gasteiger partial charge in [-0.1, -0.05) is 121 Å². The molecule has 7 aromatic carbocycles. The van der Waals surface area contributed by atoms with E-state index in [9.17, 15) is 0 Å². The van der Waals surface area contributed by atoms with Crippen LogP contribution in [0.15, 0.2) is 133 Å². The quantitative estimate of drug-likeness (QED) is 0.210. The molecule has 1 aromatic heterocycles. The van der Waals surface area contributed by atoms with Crippen LogP contribution in [0.3, 0.4) is 0 Å². The highest BCUT2D eigenvalue weighted by Crippen LogP contribution is 2.46. The Morgan fingerprint density at radius 1 is 0.439 bits per heavy atom. The van der Waals surface area contributed by atoms with E-state index in [2.05, 4.69) is 152 Å². The van der Waals surface area contributed by atoms with Crippen molar-refractivity contribution in [2.24, 2.45) is 0 Å². The second kappa shape index (κ2) is 9.18. The SMILES string of the molecule is Cc1nn(-c2cccc3ccccc23)c(C)c1-c1c2ccccc2c(-c2ccc3ccccc3c2)c2ccccc12. The normalized spacial score (nSPS) is 11.7. The number of hydrogen-bond donors (Lipinski definition) is 0. The number of rotatable bonds is 3. The Labute approximate surface area is 239 Å². The Balaban J connectivity index is 1.45. The van der Waals surface area contributed by atoms with E-state index in [1.807, 2.05) is 0 Å². The van der Waals surface area contributed by atoms with Crippen LogP contribution in [0.2, 0.25) is 0 Å². The minimum absolute atomic E-state index is 1.03. The molecule has 0 aliphatic carbocycles. The van der Waals surface area contributed by atoms with Crippen LogP contribution in [-0.2, 0) is 0 Å². The first-order valence-corrected chi connectivity index (χ1v) is 14.2. The maximum atomic E-state index is 5.15. The molecular weight excluding hydrogens is 496 g/mol. The van der Waals surface area contributed by atoms with Gasteiger partial charge in [0.1, 0.15) is 0 Å². The van der Waals surface area contributed by atoms with Gasteiger partial charge in [-0.2, -0.15) is 5.10 Å². The maximum absolute atomic E-state index is 5.15. The first-order chi connectivity index (χ1) is 20.2. The summed E-state index contributed by atoms with van der Waals surface area (Å²) in [5.74, 6) is 0. The average molecular weight is 525 g/mol. The van der Waals surface area contributed by atoms with Crippen LogP contribution in [0.25, 0.3) is 71.0 Å². The fourth-order valence-electron chi connectivity index (χ4n) is 6.69. The summed E-state index contributed by atoms with van der Waals surface area (Å²) in [7, 11) is 0. The summed E-state index contributed by atoms with van der Waals surface area (Å²) >= 11 is 0. The van der Waals surface area contributed by atoms with Crippen LogP contribution in [0.1, 0.15) is 11.4 Å². The fourth-order valence-corrected chi connectivity index (χ4v) is 6.69. The number of benzene rings is 7. The number of aromatic nitrogens is 2. The van der Waals surface area contributed by atoms with Crippen molar-refractivity contribution in [2.75, 3.05) is 0 Å². The van der Waals surface area contributed by atoms with Crippen LogP contribution in [0.5, 0.6) is 0 Å². The largest absolute Gasteiger partial charge is 0.237 e. The summed E-state index contributed by atoms with van der Waals surface area (Å²) < 4.78 is 2.13. The van der Waals surface area contributed by atoms with Crippen LogP contribution in [-0.4, -0.2) is 9.78 Å². The number of hydrogen-bond acceptors (Lipinski definition) is 1. The molecule has 194 valence electrons. The van der Waals surface area contributed by atoms with E-state index >= 15 is 0 Å². The molecule has 0 aliphatic heterocycles. The average Bonchev–Trinajstić information content (AvgIpc) is 3.32. The van der Waals surface area contributed by atoms with Crippen molar-refractivity contribution < 1.29 is 0 Å². The number of fused-ring (bicyclic) bond motifs is 4. The molecule has 0 spiro atoms. The highest BCUT2D eigenvalue weighted by Gasteiger charge is 2.22. The van der Waals surface area contributed by atoms with Gasteiger partial charge in [-0.3, -0.25) is 0 Å². The number of aryl methyl sites for hydroxylation is 1. The summed E-state index contributed by atoms with van der Waals surface area (Å²) in [6.07, 6.45) is 0. The van der Waals surface area contributed by atoms with Crippen molar-refractivity contribution in [1.29, 1.82) is 0 Å². The van der Waals surface area contributed by atoms with Crippen LogP contribution in [0.4, 0.5) is 0 Å². The van der Waals surface area contributed by atoms with Gasteiger partial charge >= 0.3 is 0 Å². The lowest BCUT2D eigenvalue weighted by Crippen LogP contribution is -2.00. The fraction of sp³-hybridized carbons (Fsp3) is 0.0513. The lowest BCUT2D eigenvalue weighted by molar-refractivity contribution is 0.840. The zero-order chi connectivity index (χ0) is 27.5. The van der Waals surface area contributed by atoms with Gasteiger partial charge in [-0.05, 0) is 74.8 Å². The zero-order valence-corrected chi connectivity index (χ0v) is 23.1. The van der Waals surface area contributed by atoms with Gasteiger partial charge in [-0.25, -0.2) is 4.68 Å². The lowest BCUT2D eigenvalue weighted by Gasteiger charge is -2.18. The third-order valence-electron chi connectivity index (χ3n) is 8.51. The van der Waals surface area contributed by atoms with Crippen LogP contribution >= 0.6 is 0 Å². The minimum Gasteiger partial charge on any atom is -0.237 e. The third kappa shape index (κ3) is 3.61. The minimum atomic E-state index is 1.03. The summed E-state index contributed by atoms with van der Waals surface area (Å²) in [5.41, 5.74) is 8.26. The molecule has 0 unspecified atom stereocenters. The van der Waals surface area contributed by atoms with E-state index in [1.165, 1.54) is 65.3 Å². The van der Waals surface area contributed by atoms with Crippen molar-refractivity contribution in [3.8, 4) is 27.9 Å². The van der Waals surface area contributed by atoms with E-state index in [0.29, 0.717) is 0 Å². The van der Waals surface area contributed by atoms with Crippen LogP contribution < -0.4 is 0 Å². The summed E-state index contributed by atoms with van der Waals surface area (Å²) in [6, 6.07) is 48.2. The van der Waals surface area contributed by atoms with Crippen molar-refractivity contribution in [3.63, 3.8) is 0 Å². The van der Waals surface area contributed by atoms with E-state index < -0.39 is 0 Å². The van der Waals surface area contributed by atoms with Crippen LogP contribution in [0, 0.1) is 13.8 Å². The van der Waals surface area contributed by atoms with Gasteiger partial charge in [0.2, 0.25) is 0 Å². The van der Waals surface area contributed by atoms with Gasteiger partial charge in [0.15, 0.2) is 0 Å². The molecule has 0 bridgehead atoms. The third-order valence-corrected chi connectivity index (χ3v) is 8.51. The molecule has 41 heavy (non-hydrogen) atoms. The molecule has 8 aromatic rings. The van der Waals surface area contributed by atoms with Gasteiger partial charge in [0.25, 0.3) is 0 Å². The molecule has 8 rings (SSSR count). The molecule has 1 heterocycles. The van der Waals surface area contributed by atoms with E-state index in [0.717, 1.165) is 17.1 Å². The molecule has 2 heteroatoms. The Morgan fingerprint density at radius 2 is 0.976 bits per heavy atom. The van der Waals surface area contributed by atoms with E-state index in [4.69, 9.17) is 5.10 Å². The van der Waals surface area contributed by atoms with Crippen molar-refractivity contribution >= 4 is 43.1 Å². The molecule has 0 amide bonds. The smallest absolute Gasteiger partial charge is 0.0727 e. The molecule has 2 nitrogen and oxygen atoms in total. The standard InChI is InChI=1S/C39H28N2/c1-25-37(26(2)41(40-25)36-21-11-15-28-13-5-6-16-31(28)36)39-34-19-9-7-17-32(34)38(33-18-8-10-20-35(33)39)30-23-22-27-12-3-4-14-29(27)24-30/h3-24H,1-2H3. The summed E-state index contributed by atoms with van der Waals surface area (Å²) in [6.45, 7) is 4.35. The van der Waals surface area contributed by atoms with Gasteiger partial charge < -0.3 is 0 Å². The predicted octanol–water partition coefficient (Wildman–Crippen LogP) is 10.4. The molecular formula is C39H28N2.